The Morgan fingerprint density at radius 2 is 2.00 bits per heavy atom. The molecular formula is C14H21FN2O. The highest BCUT2D eigenvalue weighted by Crippen LogP contribution is 2.20. The number of hydrogen-bond donors (Lipinski definition) is 0. The zero-order chi connectivity index (χ0) is 13.5. The lowest BCUT2D eigenvalue weighted by molar-refractivity contribution is 0.112. The maximum absolute atomic E-state index is 13.1. The van der Waals surface area contributed by atoms with E-state index in [1.54, 1.807) is 6.07 Å². The number of hydrogen-bond acceptors (Lipinski definition) is 3. The zero-order valence-electron chi connectivity index (χ0n) is 11.3. The molecule has 0 aromatic heterocycles. The summed E-state index contributed by atoms with van der Waals surface area (Å²) in [4.78, 5) is 15.2. The first-order valence-corrected chi connectivity index (χ1v) is 6.23. The topological polar surface area (TPSA) is 23.6 Å². The number of rotatable bonds is 7. The minimum atomic E-state index is -0.370. The third-order valence-electron chi connectivity index (χ3n) is 2.87. The molecule has 0 aliphatic rings. The van der Waals surface area contributed by atoms with E-state index in [4.69, 9.17) is 0 Å². The van der Waals surface area contributed by atoms with Crippen LogP contribution in [0, 0.1) is 5.82 Å². The van der Waals surface area contributed by atoms with Crippen LogP contribution >= 0.6 is 0 Å². The summed E-state index contributed by atoms with van der Waals surface area (Å²) in [5.41, 5.74) is 1.23. The first-order valence-electron chi connectivity index (χ1n) is 6.23. The second-order valence-electron chi connectivity index (χ2n) is 4.56. The van der Waals surface area contributed by atoms with Gasteiger partial charge in [-0.05, 0) is 52.2 Å². The van der Waals surface area contributed by atoms with E-state index in [9.17, 15) is 9.18 Å². The number of nitrogens with zero attached hydrogens (tertiary/aromatic N) is 2. The Hall–Kier alpha value is -1.42. The van der Waals surface area contributed by atoms with E-state index in [0.717, 1.165) is 31.7 Å². The summed E-state index contributed by atoms with van der Waals surface area (Å²) in [7, 11) is 4.07. The van der Waals surface area contributed by atoms with Gasteiger partial charge in [-0.25, -0.2) is 4.39 Å². The monoisotopic (exact) mass is 252 g/mol. The second-order valence-corrected chi connectivity index (χ2v) is 4.56. The highest BCUT2D eigenvalue weighted by Gasteiger charge is 2.10. The summed E-state index contributed by atoms with van der Waals surface area (Å²) in [6, 6.07) is 4.37. The fraction of sp³-hybridized carbons (Fsp3) is 0.500. The average molecular weight is 252 g/mol. The normalized spacial score (nSPS) is 10.7. The zero-order valence-corrected chi connectivity index (χ0v) is 11.3. The Kier molecular flexibility index (Phi) is 5.78. The van der Waals surface area contributed by atoms with Crippen molar-refractivity contribution in [1.82, 2.24) is 4.90 Å². The van der Waals surface area contributed by atoms with Crippen LogP contribution in [0.25, 0.3) is 0 Å². The van der Waals surface area contributed by atoms with Crippen molar-refractivity contribution in [2.45, 2.75) is 13.3 Å². The summed E-state index contributed by atoms with van der Waals surface area (Å²) in [6.45, 7) is 4.70. The predicted molar refractivity (Wildman–Crippen MR) is 72.8 cm³/mol. The number of anilines is 1. The molecule has 0 spiro atoms. The molecule has 0 aliphatic carbocycles. The van der Waals surface area contributed by atoms with Gasteiger partial charge >= 0.3 is 0 Å². The molecule has 0 N–H and O–H groups in total. The average Bonchev–Trinajstić information content (AvgIpc) is 2.34. The summed E-state index contributed by atoms with van der Waals surface area (Å²) < 4.78 is 13.1. The first-order chi connectivity index (χ1) is 8.58. The van der Waals surface area contributed by atoms with Gasteiger partial charge in [0.15, 0.2) is 6.29 Å². The smallest absolute Gasteiger partial charge is 0.152 e. The predicted octanol–water partition coefficient (Wildman–Crippen LogP) is 2.42. The number of benzene rings is 1. The van der Waals surface area contributed by atoms with E-state index in [1.807, 2.05) is 21.0 Å². The van der Waals surface area contributed by atoms with Crippen molar-refractivity contribution in [1.29, 1.82) is 0 Å². The van der Waals surface area contributed by atoms with Gasteiger partial charge in [-0.1, -0.05) is 0 Å². The van der Waals surface area contributed by atoms with Gasteiger partial charge in [0.05, 0.1) is 0 Å². The second kappa shape index (κ2) is 7.11. The van der Waals surface area contributed by atoms with Crippen molar-refractivity contribution in [3.63, 3.8) is 0 Å². The molecule has 0 saturated heterocycles. The van der Waals surface area contributed by atoms with Gasteiger partial charge in [0.1, 0.15) is 5.82 Å². The van der Waals surface area contributed by atoms with Crippen LogP contribution in [-0.2, 0) is 0 Å². The Balaban J connectivity index is 2.78. The molecule has 1 aromatic carbocycles. The maximum Gasteiger partial charge on any atom is 0.152 e. The van der Waals surface area contributed by atoms with E-state index >= 15 is 0 Å². The highest BCUT2D eigenvalue weighted by molar-refractivity contribution is 5.84. The molecule has 3 nitrogen and oxygen atoms in total. The lowest BCUT2D eigenvalue weighted by Gasteiger charge is -2.25. The van der Waals surface area contributed by atoms with Crippen molar-refractivity contribution >= 4 is 12.0 Å². The lowest BCUT2D eigenvalue weighted by Crippen LogP contribution is -2.27. The molecular weight excluding hydrogens is 231 g/mol. The molecule has 1 aromatic rings. The maximum atomic E-state index is 13.1. The number of carbonyl (C=O) groups is 1. The van der Waals surface area contributed by atoms with Crippen molar-refractivity contribution in [2.24, 2.45) is 0 Å². The molecule has 0 bridgehead atoms. The molecule has 0 saturated carbocycles. The molecule has 0 heterocycles. The summed E-state index contributed by atoms with van der Waals surface area (Å²) in [5, 5.41) is 0. The van der Waals surface area contributed by atoms with Crippen LogP contribution in [0.15, 0.2) is 18.2 Å². The fourth-order valence-corrected chi connectivity index (χ4v) is 1.93. The molecule has 0 fully saturated rings. The van der Waals surface area contributed by atoms with Gasteiger partial charge in [-0.2, -0.15) is 0 Å². The number of carbonyl (C=O) groups excluding carboxylic acids is 1. The Bertz CT molecular complexity index is 393. The molecule has 1 rings (SSSR count). The number of halogens is 1. The summed E-state index contributed by atoms with van der Waals surface area (Å²) in [5.74, 6) is -0.370. The van der Waals surface area contributed by atoms with Gasteiger partial charge in [0, 0.05) is 24.3 Å². The Labute approximate surface area is 108 Å². The Morgan fingerprint density at radius 1 is 1.28 bits per heavy atom. The minimum absolute atomic E-state index is 0.370. The molecule has 18 heavy (non-hydrogen) atoms. The van der Waals surface area contributed by atoms with Crippen molar-refractivity contribution in [2.75, 3.05) is 38.6 Å². The van der Waals surface area contributed by atoms with E-state index < -0.39 is 0 Å². The van der Waals surface area contributed by atoms with Gasteiger partial charge in [0.25, 0.3) is 0 Å². The first kappa shape index (κ1) is 14.6. The van der Waals surface area contributed by atoms with Crippen LogP contribution < -0.4 is 4.90 Å². The van der Waals surface area contributed by atoms with Crippen LogP contribution in [0.2, 0.25) is 0 Å². The van der Waals surface area contributed by atoms with Crippen LogP contribution in [0.5, 0.6) is 0 Å². The van der Waals surface area contributed by atoms with Gasteiger partial charge in [0.2, 0.25) is 0 Å². The van der Waals surface area contributed by atoms with E-state index in [1.165, 1.54) is 12.1 Å². The van der Waals surface area contributed by atoms with E-state index in [-0.39, 0.29) is 5.82 Å². The standard InChI is InChI=1S/C14H21FN2O/c1-4-17(9-5-8-16(2)3)14-7-6-13(15)10-12(14)11-18/h6-7,10-11H,4-5,8-9H2,1-3H3. The van der Waals surface area contributed by atoms with E-state index in [2.05, 4.69) is 9.80 Å². The molecule has 4 heteroatoms. The lowest BCUT2D eigenvalue weighted by atomic mass is 10.1. The fourth-order valence-electron chi connectivity index (χ4n) is 1.93. The largest absolute Gasteiger partial charge is 0.371 e. The Morgan fingerprint density at radius 3 is 2.56 bits per heavy atom. The molecule has 0 unspecified atom stereocenters. The van der Waals surface area contributed by atoms with Crippen molar-refractivity contribution < 1.29 is 9.18 Å². The molecule has 0 atom stereocenters. The van der Waals surface area contributed by atoms with E-state index in [0.29, 0.717) is 11.8 Å². The summed E-state index contributed by atoms with van der Waals surface area (Å²) in [6.07, 6.45) is 1.73. The minimum Gasteiger partial charge on any atom is -0.371 e. The quantitative estimate of drug-likeness (QED) is 0.696. The van der Waals surface area contributed by atoms with Crippen molar-refractivity contribution in [3.8, 4) is 0 Å². The van der Waals surface area contributed by atoms with Gasteiger partial charge in [-0.15, -0.1) is 0 Å². The van der Waals surface area contributed by atoms with Crippen molar-refractivity contribution in [3.05, 3.63) is 29.6 Å². The summed E-state index contributed by atoms with van der Waals surface area (Å²) >= 11 is 0. The van der Waals surface area contributed by atoms with Crippen LogP contribution in [0.3, 0.4) is 0 Å². The van der Waals surface area contributed by atoms with Gasteiger partial charge in [-0.3, -0.25) is 4.79 Å². The molecule has 100 valence electrons. The SMILES string of the molecule is CCN(CCCN(C)C)c1ccc(F)cc1C=O. The van der Waals surface area contributed by atoms with Gasteiger partial charge < -0.3 is 9.80 Å². The third kappa shape index (κ3) is 4.11. The third-order valence-corrected chi connectivity index (χ3v) is 2.87. The highest BCUT2D eigenvalue weighted by atomic mass is 19.1. The molecule has 0 aliphatic heterocycles. The van der Waals surface area contributed by atoms with Crippen LogP contribution in [0.4, 0.5) is 10.1 Å². The van der Waals surface area contributed by atoms with Crippen LogP contribution in [0.1, 0.15) is 23.7 Å². The molecule has 0 amide bonds. The molecule has 0 radical (unpaired) electrons. The van der Waals surface area contributed by atoms with Crippen LogP contribution in [-0.4, -0.2) is 44.9 Å². The number of aldehydes is 1.